The molecule has 298 valence electrons. The molecular weight excluding hydrogens is 919 g/mol. The van der Waals surface area contributed by atoms with Crippen LogP contribution in [0.2, 0.25) is 0 Å². The van der Waals surface area contributed by atoms with E-state index in [-0.39, 0.29) is 168 Å². The normalized spacial score (nSPS) is 12.3. The van der Waals surface area contributed by atoms with Gasteiger partial charge in [-0.25, -0.2) is 25.2 Å². The van der Waals surface area contributed by atoms with Crippen molar-refractivity contribution in [2.45, 2.75) is 14.7 Å². The average molecular weight is 948 g/mol. The van der Waals surface area contributed by atoms with Crippen LogP contribution in [0.5, 0.6) is 5.75 Å². The van der Waals surface area contributed by atoms with Crippen LogP contribution in [-0.4, -0.2) is 91.9 Å². The van der Waals surface area contributed by atoms with Gasteiger partial charge in [-0.15, -0.1) is 15.3 Å². The van der Waals surface area contributed by atoms with Gasteiger partial charge in [-0.2, -0.15) is 30.4 Å². The molecule has 6 N–H and O–H groups in total. The zero-order valence-corrected chi connectivity index (χ0v) is 42.8. The fourth-order valence-electron chi connectivity index (χ4n) is 4.44. The number of sulfone groups is 2. The molecule has 0 unspecified atom stereocenters. The van der Waals surface area contributed by atoms with Crippen molar-refractivity contribution >= 4 is 96.1 Å². The molecule has 0 saturated heterocycles. The van der Waals surface area contributed by atoms with Crippen molar-refractivity contribution in [3.8, 4) is 5.75 Å². The Labute approximate surface area is 426 Å². The Morgan fingerprint density at radius 2 is 1.09 bits per heavy atom. The number of hydrogen-bond donors (Lipinski definition) is 5. The van der Waals surface area contributed by atoms with Crippen LogP contribution in [0, 0.1) is 0 Å². The number of aldehydes is 1. The molecule has 0 spiro atoms. The number of aromatic hydroxyl groups is 1. The zero-order valence-electron chi connectivity index (χ0n) is 34.7. The number of azo groups is 2. The summed E-state index contributed by atoms with van der Waals surface area (Å²) >= 11 is 0. The summed E-state index contributed by atoms with van der Waals surface area (Å²) < 4.78 is 152. The minimum absolute atomic E-state index is 0. The Morgan fingerprint density at radius 1 is 0.621 bits per heavy atom. The fraction of sp³-hybridized carbons (Fsp3) is 0.148. The third-order valence-electron chi connectivity index (χ3n) is 6.90. The second-order valence-corrected chi connectivity index (χ2v) is 18.3. The van der Waals surface area contributed by atoms with Crippen LogP contribution in [0.4, 0.5) is 28.4 Å². The molecule has 31 heteroatoms. The summed E-state index contributed by atoms with van der Waals surface area (Å²) in [4.78, 5) is 9.96. The first-order valence-corrected chi connectivity index (χ1v) is 21.7. The van der Waals surface area contributed by atoms with Crippen LogP contribution in [0.1, 0.15) is 16.1 Å². The molecule has 0 fully saturated rings. The number of carbonyl (C=O) groups is 1. The number of nitrogen functional groups attached to an aromatic ring is 1. The number of phenolic OH excluding ortho intramolecular Hbond substituents is 1. The number of nitrogens with zero attached hydrogens (tertiary/aromatic N) is 4. The van der Waals surface area contributed by atoms with Crippen molar-refractivity contribution in [3.05, 3.63) is 66.2 Å². The Kier molecular flexibility index (Phi) is 22.7. The first kappa shape index (κ1) is 57.2. The smallest absolute Gasteiger partial charge is 1.00 e. The summed E-state index contributed by atoms with van der Waals surface area (Å²) in [5.74, 6) is -2.41. The molecule has 0 heterocycles. The van der Waals surface area contributed by atoms with E-state index in [1.54, 1.807) is 0 Å². The Balaban J connectivity index is -0.00000135. The summed E-state index contributed by atoms with van der Waals surface area (Å²) in [6.07, 6.45) is 0.376. The van der Waals surface area contributed by atoms with E-state index < -0.39 is 96.5 Å². The van der Waals surface area contributed by atoms with Crippen molar-refractivity contribution in [1.29, 1.82) is 0 Å². The number of benzene rings is 4. The van der Waals surface area contributed by atoms with Gasteiger partial charge in [0.15, 0.2) is 31.7 Å². The molecule has 58 heavy (non-hydrogen) atoms. The average Bonchev–Trinajstić information content (AvgIpc) is 3.06. The van der Waals surface area contributed by atoms with Gasteiger partial charge in [0.1, 0.15) is 22.0 Å². The molecule has 4 aromatic carbocycles. The minimum atomic E-state index is -5.18. The van der Waals surface area contributed by atoms with Crippen LogP contribution in [0.25, 0.3) is 10.8 Å². The molecule has 0 aliphatic carbocycles. The Morgan fingerprint density at radius 3 is 1.59 bits per heavy atom. The van der Waals surface area contributed by atoms with Crippen molar-refractivity contribution < 1.29 is 198 Å². The van der Waals surface area contributed by atoms with Crippen molar-refractivity contribution in [2.24, 2.45) is 20.5 Å². The van der Waals surface area contributed by atoms with E-state index in [1.165, 1.54) is 24.3 Å². The number of hydrogen-bond acceptors (Lipinski definition) is 19. The van der Waals surface area contributed by atoms with Gasteiger partial charge < -0.3 is 16.5 Å². The van der Waals surface area contributed by atoms with Gasteiger partial charge in [0.2, 0.25) is 0 Å². The number of carbonyl (C=O) groups excluding carboxylic acids is 1. The first-order chi connectivity index (χ1) is 24.9. The Hall–Kier alpha value is -0.840. The van der Waals surface area contributed by atoms with Crippen LogP contribution in [-0.2, 0) is 59.0 Å². The summed E-state index contributed by atoms with van der Waals surface area (Å²) in [6.45, 7) is -1.86. The number of fused-ring (bicyclic) bond motifs is 1. The maximum absolute atomic E-state index is 12.6. The molecular formula is C27H29N5Na4O17S5. The van der Waals surface area contributed by atoms with Crippen LogP contribution in [0.15, 0.2) is 95.8 Å². The molecule has 22 nitrogen and oxygen atoms in total. The van der Waals surface area contributed by atoms with E-state index in [9.17, 15) is 56.5 Å². The predicted molar refractivity (Wildman–Crippen MR) is 190 cm³/mol. The molecule has 4 aromatic rings. The first-order valence-electron chi connectivity index (χ1n) is 14.2. The second-order valence-electron chi connectivity index (χ2n) is 10.5. The third kappa shape index (κ3) is 15.8. The number of anilines is 1. The fourth-order valence-corrected chi connectivity index (χ4v) is 8.16. The summed E-state index contributed by atoms with van der Waals surface area (Å²) in [7, 11) is -23.5. The summed E-state index contributed by atoms with van der Waals surface area (Å²) in [5, 5.41) is 26.5. The molecule has 0 amide bonds. The monoisotopic (exact) mass is 947 g/mol. The van der Waals surface area contributed by atoms with E-state index in [0.717, 1.165) is 30.3 Å². The summed E-state index contributed by atoms with van der Waals surface area (Å²) in [5.41, 5.74) is 4.81. The topological polar surface area (TPSA) is 363 Å². The summed E-state index contributed by atoms with van der Waals surface area (Å²) in [6, 6.07) is 10.7. The van der Waals surface area contributed by atoms with Gasteiger partial charge in [-0.1, -0.05) is 6.07 Å². The zero-order chi connectivity index (χ0) is 40.3. The molecule has 0 atom stereocenters. The van der Waals surface area contributed by atoms with Gasteiger partial charge in [0.05, 0.1) is 51.3 Å². The molecule has 4 rings (SSSR count). The maximum atomic E-state index is 12.6. The number of nitrogens with two attached hydrogens (primary N) is 1. The van der Waals surface area contributed by atoms with E-state index >= 15 is 0 Å². The van der Waals surface area contributed by atoms with Crippen LogP contribution < -0.4 is 124 Å². The quantitative estimate of drug-likeness (QED) is 0.0229. The van der Waals surface area contributed by atoms with E-state index in [2.05, 4.69) is 28.8 Å². The van der Waals surface area contributed by atoms with Crippen LogP contribution in [0.3, 0.4) is 0 Å². The van der Waals surface area contributed by atoms with Crippen molar-refractivity contribution in [1.82, 2.24) is 0 Å². The van der Waals surface area contributed by atoms with Crippen molar-refractivity contribution in [2.75, 3.05) is 30.5 Å². The van der Waals surface area contributed by atoms with Gasteiger partial charge in [-0.05, 0) is 60.0 Å². The van der Waals surface area contributed by atoms with E-state index in [4.69, 9.17) is 14.8 Å². The van der Waals surface area contributed by atoms with Crippen LogP contribution >= 0.6 is 0 Å². The SMILES string of the molecule is Nc1c(N=Nc2ccc(S(=O)(=O)CCOS(=O)(=O)O)cc2S(=O)(=O)O)cc(C=O)c2ccc(N=Nc3ccc(S(=O)(=O)CCOS(=O)(=O)O)cc3)c(O)c12.[H-].[H-].[H-].[H-].[Na+].[Na+].[Na+].[Na+]. The maximum Gasteiger partial charge on any atom is 1.00 e. The molecule has 0 saturated carbocycles. The molecule has 0 aromatic heterocycles. The molecule has 0 radical (unpaired) electrons. The second kappa shape index (κ2) is 23.0. The standard InChI is InChI=1S/C27H25N5O17S5.4Na.4H/c28-26-23(32-30-21-7-5-19(14-24(21)52(39,40)41)51(37,38)12-10-49-54(45,46)47)13-16(15-33)20-6-8-22(27(34)25(20)26)31-29-17-1-3-18(4-2-17)50(35,36)11-9-48-53(42,43)44;;;;;;;;/h1-8,13-15,34H,9-12,28H2,(H,39,40,41)(H,42,43,44)(H,45,46,47);;;;;;;;/q;4*+1;4*-1. The number of phenols is 1. The minimum Gasteiger partial charge on any atom is -1.00 e. The number of rotatable bonds is 16. The molecule has 0 aliphatic heterocycles. The van der Waals surface area contributed by atoms with Crippen molar-refractivity contribution in [3.63, 3.8) is 0 Å². The predicted octanol–water partition coefficient (Wildman–Crippen LogP) is -8.33. The molecule has 0 aliphatic rings. The Bertz CT molecular complexity index is 2800. The van der Waals surface area contributed by atoms with Gasteiger partial charge in [0.25, 0.3) is 10.1 Å². The van der Waals surface area contributed by atoms with Gasteiger partial charge in [-0.3, -0.25) is 18.5 Å². The van der Waals surface area contributed by atoms with E-state index in [0.29, 0.717) is 12.4 Å². The van der Waals surface area contributed by atoms with Gasteiger partial charge >= 0.3 is 139 Å². The largest absolute Gasteiger partial charge is 1.00 e. The van der Waals surface area contributed by atoms with E-state index in [1.807, 2.05) is 0 Å². The van der Waals surface area contributed by atoms with Gasteiger partial charge in [0, 0.05) is 5.56 Å². The molecule has 0 bridgehead atoms. The third-order valence-corrected chi connectivity index (χ3v) is 12.1.